The summed E-state index contributed by atoms with van der Waals surface area (Å²) >= 11 is 0. The normalized spacial score (nSPS) is 14.7. The number of hydrogen-bond acceptors (Lipinski definition) is 6. The van der Waals surface area contributed by atoms with Gasteiger partial charge >= 0.3 is 17.9 Å². The molecule has 0 aromatic carbocycles. The number of rotatable bonds is 24. The molecular formula is C33H59NO6. The van der Waals surface area contributed by atoms with Crippen LogP contribution in [0.25, 0.3) is 0 Å². The van der Waals surface area contributed by atoms with Crippen LogP contribution in [0.15, 0.2) is 0 Å². The predicted octanol–water partition coefficient (Wildman–Crippen LogP) is 8.64. The van der Waals surface area contributed by atoms with Crippen LogP contribution < -0.4 is 0 Å². The lowest BCUT2D eigenvalue weighted by Crippen LogP contribution is -2.44. The van der Waals surface area contributed by atoms with Gasteiger partial charge in [-0.3, -0.25) is 14.4 Å². The summed E-state index contributed by atoms with van der Waals surface area (Å²) in [7, 11) is 0. The molecule has 0 saturated carbocycles. The van der Waals surface area contributed by atoms with Crippen LogP contribution in [-0.2, 0) is 23.9 Å². The number of unbranched alkanes of at least 4 members (excludes halogenated alkanes) is 10. The Balaban J connectivity index is 4.14. The number of esters is 2. The van der Waals surface area contributed by atoms with Crippen molar-refractivity contribution in [2.75, 3.05) is 13.2 Å². The highest BCUT2D eigenvalue weighted by atomic mass is 16.5. The van der Waals surface area contributed by atoms with E-state index in [4.69, 9.17) is 9.47 Å². The Bertz CT molecular complexity index is 786. The molecule has 2 unspecified atom stereocenters. The maximum absolute atomic E-state index is 12.3. The standard InChI is InChI=1S/C33H59NO6/c1-8-9-10-11-12-13-14-15-16-17-18-20-28(35)39-23-19-24-40-29(36)21-22-32(6,26-34)31(4,5)25-33(7,27(2)3)30(37)38/h27H,8-25H2,1-7H3,(H,37,38). The highest BCUT2D eigenvalue weighted by Crippen LogP contribution is 2.51. The molecule has 2 atom stereocenters. The number of nitriles is 1. The van der Waals surface area contributed by atoms with Crippen molar-refractivity contribution in [3.8, 4) is 6.07 Å². The fourth-order valence-electron chi connectivity index (χ4n) is 5.05. The molecular weight excluding hydrogens is 506 g/mol. The minimum Gasteiger partial charge on any atom is -0.481 e. The third-order valence-electron chi connectivity index (χ3n) is 8.94. The second-order valence-corrected chi connectivity index (χ2v) is 13.0. The molecule has 0 aromatic heterocycles. The molecule has 0 aliphatic rings. The summed E-state index contributed by atoms with van der Waals surface area (Å²) in [5.41, 5.74) is -2.52. The molecule has 0 rings (SSSR count). The van der Waals surface area contributed by atoms with Crippen molar-refractivity contribution in [3.05, 3.63) is 0 Å². The fourth-order valence-corrected chi connectivity index (χ4v) is 5.05. The first-order valence-corrected chi connectivity index (χ1v) is 15.7. The molecule has 0 saturated heterocycles. The van der Waals surface area contributed by atoms with Crippen molar-refractivity contribution in [2.24, 2.45) is 22.2 Å². The maximum Gasteiger partial charge on any atom is 0.309 e. The number of carboxylic acid groups (broad SMARTS) is 1. The van der Waals surface area contributed by atoms with Crippen LogP contribution in [0, 0.1) is 33.5 Å². The lowest BCUT2D eigenvalue weighted by Gasteiger charge is -2.45. The monoisotopic (exact) mass is 565 g/mol. The molecule has 0 amide bonds. The van der Waals surface area contributed by atoms with E-state index in [2.05, 4.69) is 13.0 Å². The molecule has 0 aliphatic heterocycles. The van der Waals surface area contributed by atoms with Gasteiger partial charge in [-0.15, -0.1) is 0 Å². The molecule has 7 nitrogen and oxygen atoms in total. The minimum absolute atomic E-state index is 0.0671. The zero-order chi connectivity index (χ0) is 30.7. The number of carboxylic acids is 1. The SMILES string of the molecule is CCCCCCCCCCCCCC(=O)OCCCOC(=O)CCC(C)(C#N)C(C)(C)CC(C)(C(=O)O)C(C)C. The van der Waals surface area contributed by atoms with E-state index in [0.29, 0.717) is 19.3 Å². The van der Waals surface area contributed by atoms with Gasteiger partial charge in [0.1, 0.15) is 0 Å². The van der Waals surface area contributed by atoms with Gasteiger partial charge in [0.05, 0.1) is 30.1 Å². The van der Waals surface area contributed by atoms with Gasteiger partial charge in [-0.25, -0.2) is 0 Å². The Morgan fingerprint density at radius 2 is 1.20 bits per heavy atom. The molecule has 0 aliphatic carbocycles. The highest BCUT2D eigenvalue weighted by molar-refractivity contribution is 5.74. The second kappa shape index (κ2) is 19.9. The van der Waals surface area contributed by atoms with Gasteiger partial charge < -0.3 is 14.6 Å². The molecule has 0 fully saturated rings. The van der Waals surface area contributed by atoms with E-state index in [0.717, 1.165) is 19.3 Å². The first-order chi connectivity index (χ1) is 18.8. The maximum atomic E-state index is 12.3. The van der Waals surface area contributed by atoms with Crippen LogP contribution in [0.3, 0.4) is 0 Å². The van der Waals surface area contributed by atoms with Gasteiger partial charge in [0.15, 0.2) is 0 Å². The van der Waals surface area contributed by atoms with Gasteiger partial charge in [0.25, 0.3) is 0 Å². The van der Waals surface area contributed by atoms with E-state index < -0.39 is 28.2 Å². The average Bonchev–Trinajstić information content (AvgIpc) is 2.89. The summed E-state index contributed by atoms with van der Waals surface area (Å²) in [5.74, 6) is -1.60. The van der Waals surface area contributed by atoms with Gasteiger partial charge in [-0.2, -0.15) is 5.26 Å². The van der Waals surface area contributed by atoms with Crippen molar-refractivity contribution in [1.82, 2.24) is 0 Å². The number of carbonyl (C=O) groups excluding carboxylic acids is 2. The zero-order valence-electron chi connectivity index (χ0n) is 26.7. The van der Waals surface area contributed by atoms with E-state index >= 15 is 0 Å². The third-order valence-corrected chi connectivity index (χ3v) is 8.94. The predicted molar refractivity (Wildman–Crippen MR) is 160 cm³/mol. The van der Waals surface area contributed by atoms with Gasteiger partial charge in [-0.1, -0.05) is 98.8 Å². The van der Waals surface area contributed by atoms with Crippen molar-refractivity contribution in [1.29, 1.82) is 5.26 Å². The average molecular weight is 566 g/mol. The number of ether oxygens (including phenoxy) is 2. The van der Waals surface area contributed by atoms with Crippen LogP contribution in [0.5, 0.6) is 0 Å². The Labute approximate surface area is 244 Å². The molecule has 0 radical (unpaired) electrons. The van der Waals surface area contributed by atoms with E-state index in [9.17, 15) is 24.8 Å². The zero-order valence-corrected chi connectivity index (χ0v) is 26.7. The topological polar surface area (TPSA) is 114 Å². The van der Waals surface area contributed by atoms with Crippen LogP contribution >= 0.6 is 0 Å². The second-order valence-electron chi connectivity index (χ2n) is 13.0. The molecule has 40 heavy (non-hydrogen) atoms. The largest absolute Gasteiger partial charge is 0.481 e. The van der Waals surface area contributed by atoms with Gasteiger partial charge in [0.2, 0.25) is 0 Å². The Morgan fingerprint density at radius 1 is 0.750 bits per heavy atom. The highest BCUT2D eigenvalue weighted by Gasteiger charge is 2.49. The molecule has 0 bridgehead atoms. The quantitative estimate of drug-likeness (QED) is 0.0920. The number of hydrogen-bond donors (Lipinski definition) is 1. The van der Waals surface area contributed by atoms with E-state index in [1.165, 1.54) is 51.4 Å². The van der Waals surface area contributed by atoms with Gasteiger partial charge in [-0.05, 0) is 44.4 Å². The van der Waals surface area contributed by atoms with Crippen LogP contribution in [-0.4, -0.2) is 36.2 Å². The molecule has 7 heteroatoms. The summed E-state index contributed by atoms with van der Waals surface area (Å²) in [4.78, 5) is 36.2. The molecule has 0 spiro atoms. The van der Waals surface area contributed by atoms with Crippen LogP contribution in [0.1, 0.15) is 151 Å². The van der Waals surface area contributed by atoms with E-state index in [1.54, 1.807) is 13.8 Å². The number of aliphatic carboxylic acids is 1. The van der Waals surface area contributed by atoms with Crippen molar-refractivity contribution >= 4 is 17.9 Å². The number of carbonyl (C=O) groups is 3. The molecule has 0 aromatic rings. The lowest BCUT2D eigenvalue weighted by molar-refractivity contribution is -0.155. The minimum atomic E-state index is -0.979. The molecule has 0 heterocycles. The first-order valence-electron chi connectivity index (χ1n) is 15.7. The van der Waals surface area contributed by atoms with Crippen LogP contribution in [0.4, 0.5) is 0 Å². The summed E-state index contributed by atoms with van der Waals surface area (Å²) < 4.78 is 10.5. The summed E-state index contributed by atoms with van der Waals surface area (Å²) in [6.07, 6.45) is 15.1. The van der Waals surface area contributed by atoms with Crippen molar-refractivity contribution in [3.63, 3.8) is 0 Å². The van der Waals surface area contributed by atoms with E-state index in [-0.39, 0.29) is 37.9 Å². The fraction of sp³-hybridized carbons (Fsp3) is 0.879. The smallest absolute Gasteiger partial charge is 0.309 e. The Morgan fingerprint density at radius 3 is 1.62 bits per heavy atom. The van der Waals surface area contributed by atoms with Crippen molar-refractivity contribution < 1.29 is 29.0 Å². The van der Waals surface area contributed by atoms with Crippen molar-refractivity contribution in [2.45, 2.75) is 151 Å². The molecule has 232 valence electrons. The summed E-state index contributed by atoms with van der Waals surface area (Å²) in [6, 6.07) is 2.35. The lowest BCUT2D eigenvalue weighted by atomic mass is 9.57. The van der Waals surface area contributed by atoms with E-state index in [1.807, 2.05) is 27.7 Å². The summed E-state index contributed by atoms with van der Waals surface area (Å²) in [6.45, 7) is 13.7. The van der Waals surface area contributed by atoms with Crippen LogP contribution in [0.2, 0.25) is 0 Å². The first kappa shape index (κ1) is 37.9. The van der Waals surface area contributed by atoms with Gasteiger partial charge in [0, 0.05) is 19.3 Å². The number of nitrogens with zero attached hydrogens (tertiary/aromatic N) is 1. The Kier molecular flexibility index (Phi) is 18.8. The Hall–Kier alpha value is -2.10. The third kappa shape index (κ3) is 14.5. The summed E-state index contributed by atoms with van der Waals surface area (Å²) in [5, 5.41) is 19.8. The molecule has 1 N–H and O–H groups in total.